The van der Waals surface area contributed by atoms with Crippen molar-refractivity contribution in [2.24, 2.45) is 9.98 Å². The maximum atomic E-state index is 8.89. The van der Waals surface area contributed by atoms with Crippen LogP contribution in [0.1, 0.15) is 77.3 Å². The van der Waals surface area contributed by atoms with E-state index in [0.717, 1.165) is 86.9 Å². The van der Waals surface area contributed by atoms with Gasteiger partial charge in [0.25, 0.3) is 0 Å². The predicted octanol–water partition coefficient (Wildman–Crippen LogP) is 9.62. The molecule has 64 heavy (non-hydrogen) atoms. The third-order valence-electron chi connectivity index (χ3n) is 12.7. The number of nitriles is 2. The maximum absolute atomic E-state index is 8.89. The molecule has 2 saturated carbocycles. The van der Waals surface area contributed by atoms with E-state index in [0.29, 0.717) is 24.0 Å². The van der Waals surface area contributed by atoms with Crippen LogP contribution in [0, 0.1) is 22.9 Å². The summed E-state index contributed by atoms with van der Waals surface area (Å²) in [6.45, 7) is 1.66. The first-order valence-corrected chi connectivity index (χ1v) is 21.5. The Morgan fingerprint density at radius 2 is 0.906 bits per heavy atom. The van der Waals surface area contributed by atoms with Gasteiger partial charge in [-0.3, -0.25) is 20.6 Å². The first-order chi connectivity index (χ1) is 30.5. The van der Waals surface area contributed by atoms with Crippen LogP contribution in [0.2, 0.25) is 0 Å². The monoisotopic (exact) mass is 857 g/mol. The Bertz CT molecular complexity index is 2320. The highest BCUT2D eigenvalue weighted by Gasteiger charge is 2.38. The second-order valence-electron chi connectivity index (χ2n) is 16.2. The van der Waals surface area contributed by atoms with Gasteiger partial charge in [0.05, 0.1) is 0 Å². The van der Waals surface area contributed by atoms with Gasteiger partial charge < -0.3 is 21.3 Å². The zero-order valence-electron chi connectivity index (χ0n) is 35.6. The Hall–Kier alpha value is -7.18. The van der Waals surface area contributed by atoms with Crippen LogP contribution in [0.4, 0.5) is 11.6 Å². The zero-order valence-corrected chi connectivity index (χ0v) is 35.6. The maximum Gasteiger partial charge on any atom is 0.204 e. The third-order valence-corrected chi connectivity index (χ3v) is 12.7. The van der Waals surface area contributed by atoms with Gasteiger partial charge in [-0.15, -0.1) is 0 Å². The zero-order chi connectivity index (χ0) is 43.0. The predicted molar refractivity (Wildman–Crippen MR) is 265 cm³/mol. The van der Waals surface area contributed by atoms with E-state index in [1.165, 1.54) is 21.9 Å². The summed E-state index contributed by atoms with van der Waals surface area (Å²) < 4.78 is 0. The normalized spacial score (nSPS) is 20.6. The number of aromatic nitrogens is 2. The lowest BCUT2D eigenvalue weighted by molar-refractivity contribution is 0.271. The molecule has 2 fully saturated rings. The number of nitrogens with one attached hydrogen (secondary N) is 6. The molecule has 0 saturated heterocycles. The highest BCUT2D eigenvalue weighted by atomic mass is 15.2. The van der Waals surface area contributed by atoms with E-state index in [1.54, 1.807) is 14.1 Å². The number of benzene rings is 4. The van der Waals surface area contributed by atoms with Crippen molar-refractivity contribution in [1.82, 2.24) is 31.2 Å². The van der Waals surface area contributed by atoms with Crippen molar-refractivity contribution < 1.29 is 0 Å². The lowest BCUT2D eigenvalue weighted by atomic mass is 9.68. The Labute approximate surface area is 379 Å². The van der Waals surface area contributed by atoms with Gasteiger partial charge in [-0.25, -0.2) is 9.97 Å². The SMILES string of the molecule is C.C.CN=C(NC#N)NC1CCC(CNc2nccc3ccccc23)(c2ccccc2)CC1.CN=C(NC#N)NC1CCC(CNc2nccc3ccccc23)(c2ccccc2)CC1. The number of fused-ring (bicyclic) bond motifs is 2. The molecule has 332 valence electrons. The number of aliphatic imine (C=N–C) groups is 2. The molecule has 0 amide bonds. The molecule has 0 aliphatic heterocycles. The fourth-order valence-corrected chi connectivity index (χ4v) is 9.18. The summed E-state index contributed by atoms with van der Waals surface area (Å²) in [7, 11) is 3.37. The van der Waals surface area contributed by atoms with E-state index in [9.17, 15) is 0 Å². The second kappa shape index (κ2) is 23.3. The third kappa shape index (κ3) is 11.6. The fourth-order valence-electron chi connectivity index (χ4n) is 9.18. The molecule has 0 bridgehead atoms. The van der Waals surface area contributed by atoms with Crippen LogP contribution in [-0.4, -0.2) is 61.2 Å². The molecule has 8 rings (SSSR count). The van der Waals surface area contributed by atoms with Crippen molar-refractivity contribution in [2.45, 2.75) is 89.1 Å². The molecule has 2 aliphatic carbocycles. The first-order valence-electron chi connectivity index (χ1n) is 21.5. The van der Waals surface area contributed by atoms with Crippen LogP contribution in [0.3, 0.4) is 0 Å². The van der Waals surface area contributed by atoms with Crippen LogP contribution in [0.15, 0.2) is 144 Å². The molecule has 0 atom stereocenters. The lowest BCUT2D eigenvalue weighted by Crippen LogP contribution is -2.47. The largest absolute Gasteiger partial charge is 0.369 e. The summed E-state index contributed by atoms with van der Waals surface area (Å²) in [5.41, 5.74) is 2.79. The highest BCUT2D eigenvalue weighted by molar-refractivity contribution is 5.92. The molecule has 6 aromatic rings. The van der Waals surface area contributed by atoms with E-state index < -0.39 is 0 Å². The average molecular weight is 857 g/mol. The van der Waals surface area contributed by atoms with E-state index >= 15 is 0 Å². The smallest absolute Gasteiger partial charge is 0.204 e. The van der Waals surface area contributed by atoms with Gasteiger partial charge in [-0.05, 0) is 85.4 Å². The van der Waals surface area contributed by atoms with Crippen LogP contribution >= 0.6 is 0 Å². The van der Waals surface area contributed by atoms with E-state index in [1.807, 2.05) is 36.9 Å². The quantitative estimate of drug-likeness (QED) is 0.0338. The molecule has 0 spiro atoms. The van der Waals surface area contributed by atoms with Gasteiger partial charge in [-0.1, -0.05) is 124 Å². The van der Waals surface area contributed by atoms with Gasteiger partial charge in [-0.2, -0.15) is 10.5 Å². The topological polar surface area (TPSA) is 170 Å². The molecule has 12 nitrogen and oxygen atoms in total. The van der Waals surface area contributed by atoms with Gasteiger partial charge in [0.1, 0.15) is 11.6 Å². The molecule has 2 aromatic heterocycles. The van der Waals surface area contributed by atoms with Crippen LogP contribution in [-0.2, 0) is 10.8 Å². The first kappa shape index (κ1) is 47.9. The van der Waals surface area contributed by atoms with Crippen LogP contribution in [0.25, 0.3) is 21.5 Å². The summed E-state index contributed by atoms with van der Waals surface area (Å²) in [6, 6.07) is 43.0. The van der Waals surface area contributed by atoms with E-state index in [4.69, 9.17) is 10.5 Å². The van der Waals surface area contributed by atoms with Crippen LogP contribution < -0.4 is 31.9 Å². The van der Waals surface area contributed by atoms with E-state index in [2.05, 4.69) is 161 Å². The number of hydrogen-bond donors (Lipinski definition) is 6. The number of pyridine rings is 2. The molecule has 0 radical (unpaired) electrons. The molecule has 2 heterocycles. The van der Waals surface area contributed by atoms with Crippen LogP contribution in [0.5, 0.6) is 0 Å². The van der Waals surface area contributed by atoms with Crippen molar-refractivity contribution in [3.05, 3.63) is 145 Å². The lowest BCUT2D eigenvalue weighted by Gasteiger charge is -2.41. The minimum atomic E-state index is 0. The second-order valence-corrected chi connectivity index (χ2v) is 16.2. The Kier molecular flexibility index (Phi) is 17.4. The molecule has 2 aliphatic rings. The van der Waals surface area contributed by atoms with Crippen molar-refractivity contribution in [3.63, 3.8) is 0 Å². The summed E-state index contributed by atoms with van der Waals surface area (Å²) in [5, 5.41) is 41.8. The number of hydrogen-bond acceptors (Lipinski definition) is 8. The molecule has 6 N–H and O–H groups in total. The fraction of sp³-hybridized carbons (Fsp3) is 0.346. The van der Waals surface area contributed by atoms with Crippen molar-refractivity contribution in [3.8, 4) is 12.4 Å². The Morgan fingerprint density at radius 3 is 1.27 bits per heavy atom. The van der Waals surface area contributed by atoms with Gasteiger partial charge in [0.2, 0.25) is 11.9 Å². The summed E-state index contributed by atoms with van der Waals surface area (Å²) in [6.07, 6.45) is 15.8. The standard InChI is InChI=1S/2C25H28N6.2CH4/c2*1-27-24(30-18-26)31-21-11-14-25(15-12-21,20-8-3-2-4-9-20)17-29-23-22-10-6-5-7-19(22)13-16-28-23;;/h2*2-10,13,16,21H,11-12,14-15,17H2,1H3,(H,28,29)(H2,27,30,31);2*1H4. The van der Waals surface area contributed by atoms with Crippen molar-refractivity contribution >= 4 is 45.1 Å². The number of rotatable bonds is 10. The minimum Gasteiger partial charge on any atom is -0.369 e. The van der Waals surface area contributed by atoms with Gasteiger partial charge in [0, 0.05) is 73.3 Å². The molecular weight excluding hydrogens is 793 g/mol. The average Bonchev–Trinajstić information content (AvgIpc) is 3.34. The molecule has 12 heteroatoms. The van der Waals surface area contributed by atoms with E-state index in [-0.39, 0.29) is 25.7 Å². The minimum absolute atomic E-state index is 0. The number of guanidine groups is 2. The molecule has 4 aromatic carbocycles. The summed E-state index contributed by atoms with van der Waals surface area (Å²) >= 11 is 0. The summed E-state index contributed by atoms with van der Waals surface area (Å²) in [5.74, 6) is 2.95. The Morgan fingerprint density at radius 1 is 0.547 bits per heavy atom. The van der Waals surface area contributed by atoms with Crippen molar-refractivity contribution in [2.75, 3.05) is 37.8 Å². The highest BCUT2D eigenvalue weighted by Crippen LogP contribution is 2.41. The number of nitrogens with zero attached hydrogens (tertiary/aromatic N) is 6. The molecule has 0 unspecified atom stereocenters. The molecular formula is C52H64N12. The van der Waals surface area contributed by atoms with Gasteiger partial charge >= 0.3 is 0 Å². The van der Waals surface area contributed by atoms with Crippen molar-refractivity contribution in [1.29, 1.82) is 10.5 Å². The number of anilines is 2. The Balaban J connectivity index is 0.000000234. The summed E-state index contributed by atoms with van der Waals surface area (Å²) in [4.78, 5) is 17.5. The van der Waals surface area contributed by atoms with Gasteiger partial charge in [0.15, 0.2) is 12.4 Å².